The number of aliphatic hydroxyl groups excluding tert-OH is 1. The van der Waals surface area contributed by atoms with Crippen LogP contribution in [0.3, 0.4) is 0 Å². The first-order chi connectivity index (χ1) is 8.56. The van der Waals surface area contributed by atoms with Gasteiger partial charge in [0.1, 0.15) is 5.00 Å². The number of nitrogens with zero attached hydrogens (tertiary/aromatic N) is 1. The normalized spacial score (nSPS) is 19.9. The fourth-order valence-corrected chi connectivity index (χ4v) is 2.73. The Morgan fingerprint density at radius 3 is 3.00 bits per heavy atom. The summed E-state index contributed by atoms with van der Waals surface area (Å²) in [5.41, 5.74) is 5.52. The molecule has 6 nitrogen and oxygen atoms in total. The van der Waals surface area contributed by atoms with E-state index in [9.17, 15) is 14.7 Å². The van der Waals surface area contributed by atoms with Crippen molar-refractivity contribution in [2.24, 2.45) is 5.73 Å². The molecule has 1 fully saturated rings. The summed E-state index contributed by atoms with van der Waals surface area (Å²) in [5.74, 6) is -0.753. The molecule has 0 spiro atoms. The van der Waals surface area contributed by atoms with Crippen molar-refractivity contribution >= 4 is 28.2 Å². The zero-order chi connectivity index (χ0) is 13.1. The molecule has 0 aromatic carbocycles. The maximum atomic E-state index is 11.8. The van der Waals surface area contributed by atoms with Gasteiger partial charge in [-0.05, 0) is 17.9 Å². The Bertz CT molecular complexity index is 460. The summed E-state index contributed by atoms with van der Waals surface area (Å²) < 4.78 is 0. The number of hydrogen-bond acceptors (Lipinski definition) is 5. The second kappa shape index (κ2) is 5.47. The third-order valence-corrected chi connectivity index (χ3v) is 3.63. The number of primary amides is 1. The van der Waals surface area contributed by atoms with Crippen LogP contribution in [0.4, 0.5) is 5.00 Å². The van der Waals surface area contributed by atoms with E-state index in [4.69, 9.17) is 5.73 Å². The molecule has 1 aliphatic heterocycles. The summed E-state index contributed by atoms with van der Waals surface area (Å²) in [5, 5.41) is 14.2. The van der Waals surface area contributed by atoms with Gasteiger partial charge in [0.15, 0.2) is 0 Å². The number of carbonyl (C=O) groups excluding carboxylic acids is 2. The number of likely N-dealkylation sites (tertiary alicyclic amines) is 1. The fraction of sp³-hybridized carbons (Fsp3) is 0.455. The standard InChI is InChI=1S/C11H15N3O3S/c12-10(17)8-2-4-18-11(8)13-9(16)6-14-3-1-7(15)5-14/h2,4,7,15H,1,3,5-6H2,(H2,12,17)(H,13,16)/t7-/m0/s1. The molecular weight excluding hydrogens is 254 g/mol. The highest BCUT2D eigenvalue weighted by Gasteiger charge is 2.22. The number of β-amino-alcohol motifs (C(OH)–C–C–N with tert-alkyl or cyclic N) is 1. The lowest BCUT2D eigenvalue weighted by molar-refractivity contribution is -0.117. The van der Waals surface area contributed by atoms with Crippen LogP contribution in [0.5, 0.6) is 0 Å². The van der Waals surface area contributed by atoms with E-state index >= 15 is 0 Å². The van der Waals surface area contributed by atoms with E-state index < -0.39 is 5.91 Å². The summed E-state index contributed by atoms with van der Waals surface area (Å²) in [6, 6.07) is 1.59. The Morgan fingerprint density at radius 1 is 1.61 bits per heavy atom. The molecule has 98 valence electrons. The number of thiophene rings is 1. The minimum Gasteiger partial charge on any atom is -0.392 e. The molecule has 1 aromatic heterocycles. The summed E-state index contributed by atoms with van der Waals surface area (Å²) in [7, 11) is 0. The Hall–Kier alpha value is -1.44. The highest BCUT2D eigenvalue weighted by atomic mass is 32.1. The number of anilines is 1. The van der Waals surface area contributed by atoms with Crippen LogP contribution in [0.25, 0.3) is 0 Å². The van der Waals surface area contributed by atoms with Crippen molar-refractivity contribution in [3.05, 3.63) is 17.0 Å². The van der Waals surface area contributed by atoms with Gasteiger partial charge < -0.3 is 16.2 Å². The number of nitrogens with two attached hydrogens (primary N) is 1. The Kier molecular flexibility index (Phi) is 3.95. The number of aliphatic hydroxyl groups is 1. The zero-order valence-electron chi connectivity index (χ0n) is 9.76. The van der Waals surface area contributed by atoms with Crippen LogP contribution in [0.2, 0.25) is 0 Å². The molecule has 7 heteroatoms. The molecule has 0 aliphatic carbocycles. The fourth-order valence-electron chi connectivity index (χ4n) is 1.93. The lowest BCUT2D eigenvalue weighted by atomic mass is 10.3. The molecular formula is C11H15N3O3S. The summed E-state index contributed by atoms with van der Waals surface area (Å²) in [4.78, 5) is 24.7. The summed E-state index contributed by atoms with van der Waals surface area (Å²) in [6.45, 7) is 1.44. The van der Waals surface area contributed by atoms with Gasteiger partial charge in [0.25, 0.3) is 5.91 Å². The van der Waals surface area contributed by atoms with E-state index in [1.807, 2.05) is 4.90 Å². The van der Waals surface area contributed by atoms with Crippen LogP contribution in [0, 0.1) is 0 Å². The van der Waals surface area contributed by atoms with E-state index in [0.29, 0.717) is 30.1 Å². The molecule has 4 N–H and O–H groups in total. The van der Waals surface area contributed by atoms with Crippen molar-refractivity contribution in [2.45, 2.75) is 12.5 Å². The van der Waals surface area contributed by atoms with Gasteiger partial charge in [0.2, 0.25) is 5.91 Å². The first-order valence-electron chi connectivity index (χ1n) is 5.64. The predicted octanol–water partition coefficient (Wildman–Crippen LogP) is -0.148. The molecule has 2 heterocycles. The molecule has 0 unspecified atom stereocenters. The average Bonchev–Trinajstić information content (AvgIpc) is 2.87. The Labute approximate surface area is 108 Å². The molecule has 0 saturated carbocycles. The molecule has 1 atom stereocenters. The molecule has 1 aliphatic rings. The lowest BCUT2D eigenvalue weighted by Crippen LogP contribution is -2.32. The molecule has 0 radical (unpaired) electrons. The minimum atomic E-state index is -0.553. The molecule has 1 saturated heterocycles. The van der Waals surface area contributed by atoms with Gasteiger partial charge in [0.05, 0.1) is 18.2 Å². The van der Waals surface area contributed by atoms with Crippen molar-refractivity contribution in [3.8, 4) is 0 Å². The highest BCUT2D eigenvalue weighted by Crippen LogP contribution is 2.22. The van der Waals surface area contributed by atoms with Gasteiger partial charge in [-0.25, -0.2) is 0 Å². The van der Waals surface area contributed by atoms with Crippen molar-refractivity contribution in [1.29, 1.82) is 0 Å². The van der Waals surface area contributed by atoms with Crippen molar-refractivity contribution < 1.29 is 14.7 Å². The van der Waals surface area contributed by atoms with E-state index in [1.165, 1.54) is 11.3 Å². The topological polar surface area (TPSA) is 95.7 Å². The van der Waals surface area contributed by atoms with Gasteiger partial charge >= 0.3 is 0 Å². The monoisotopic (exact) mass is 269 g/mol. The zero-order valence-corrected chi connectivity index (χ0v) is 10.6. The van der Waals surface area contributed by atoms with Crippen LogP contribution in [0.1, 0.15) is 16.8 Å². The van der Waals surface area contributed by atoms with Gasteiger partial charge in [-0.1, -0.05) is 0 Å². The third-order valence-electron chi connectivity index (χ3n) is 2.80. The van der Waals surface area contributed by atoms with Crippen LogP contribution >= 0.6 is 11.3 Å². The second-order valence-electron chi connectivity index (χ2n) is 4.25. The molecule has 2 rings (SSSR count). The summed E-state index contributed by atoms with van der Waals surface area (Å²) in [6.07, 6.45) is 0.347. The molecule has 18 heavy (non-hydrogen) atoms. The maximum Gasteiger partial charge on any atom is 0.251 e. The first-order valence-corrected chi connectivity index (χ1v) is 6.52. The first kappa shape index (κ1) is 13.0. The van der Waals surface area contributed by atoms with Gasteiger partial charge in [-0.15, -0.1) is 11.3 Å². The van der Waals surface area contributed by atoms with E-state index in [0.717, 1.165) is 0 Å². The lowest BCUT2D eigenvalue weighted by Gasteiger charge is -2.14. The third kappa shape index (κ3) is 3.06. The largest absolute Gasteiger partial charge is 0.392 e. The number of carbonyl (C=O) groups is 2. The van der Waals surface area contributed by atoms with Crippen molar-refractivity contribution in [3.63, 3.8) is 0 Å². The molecule has 0 bridgehead atoms. The quantitative estimate of drug-likeness (QED) is 0.708. The van der Waals surface area contributed by atoms with Gasteiger partial charge in [-0.3, -0.25) is 14.5 Å². The maximum absolute atomic E-state index is 11.8. The van der Waals surface area contributed by atoms with E-state index in [2.05, 4.69) is 5.32 Å². The predicted molar refractivity (Wildman–Crippen MR) is 68.5 cm³/mol. The smallest absolute Gasteiger partial charge is 0.251 e. The van der Waals surface area contributed by atoms with Crippen molar-refractivity contribution in [2.75, 3.05) is 25.0 Å². The van der Waals surface area contributed by atoms with Crippen molar-refractivity contribution in [1.82, 2.24) is 4.90 Å². The number of amides is 2. The Balaban J connectivity index is 1.91. The highest BCUT2D eigenvalue weighted by molar-refractivity contribution is 7.14. The van der Waals surface area contributed by atoms with Crippen LogP contribution < -0.4 is 11.1 Å². The van der Waals surface area contributed by atoms with E-state index in [-0.39, 0.29) is 18.6 Å². The number of rotatable bonds is 4. The van der Waals surface area contributed by atoms with Crippen LogP contribution in [-0.2, 0) is 4.79 Å². The molecule has 1 aromatic rings. The summed E-state index contributed by atoms with van der Waals surface area (Å²) >= 11 is 1.26. The average molecular weight is 269 g/mol. The minimum absolute atomic E-state index is 0.200. The Morgan fingerprint density at radius 2 is 2.39 bits per heavy atom. The van der Waals surface area contributed by atoms with Gasteiger partial charge in [0, 0.05) is 13.1 Å². The number of nitrogens with one attached hydrogen (secondary N) is 1. The van der Waals surface area contributed by atoms with Crippen LogP contribution in [0.15, 0.2) is 11.4 Å². The molecule has 2 amide bonds. The van der Waals surface area contributed by atoms with E-state index in [1.54, 1.807) is 11.4 Å². The number of hydrogen-bond donors (Lipinski definition) is 3. The van der Waals surface area contributed by atoms with Crippen LogP contribution in [-0.4, -0.2) is 47.6 Å². The second-order valence-corrected chi connectivity index (χ2v) is 5.17. The van der Waals surface area contributed by atoms with Gasteiger partial charge in [-0.2, -0.15) is 0 Å². The SMILES string of the molecule is NC(=O)c1ccsc1NC(=O)CN1CC[C@H](O)C1.